The first-order valence-electron chi connectivity index (χ1n) is 7.10. The van der Waals surface area contributed by atoms with Gasteiger partial charge in [0.15, 0.2) is 0 Å². The Balaban J connectivity index is 0.00000242. The van der Waals surface area contributed by atoms with E-state index in [9.17, 15) is 8.42 Å². The first-order chi connectivity index (χ1) is 9.86. The second-order valence-corrected chi connectivity index (χ2v) is 7.16. The third kappa shape index (κ3) is 5.40. The molecule has 2 rings (SSSR count). The van der Waals surface area contributed by atoms with Gasteiger partial charge in [0.1, 0.15) is 12.4 Å². The minimum absolute atomic E-state index is 0. The lowest BCUT2D eigenvalue weighted by Crippen LogP contribution is -2.46. The number of halogens is 1. The second kappa shape index (κ2) is 8.12. The van der Waals surface area contributed by atoms with E-state index >= 15 is 0 Å². The first-order valence-corrected chi connectivity index (χ1v) is 8.64. The van der Waals surface area contributed by atoms with Crippen LogP contribution in [0.5, 0.6) is 5.75 Å². The molecular weight excluding hydrogens is 326 g/mol. The minimum Gasteiger partial charge on any atom is -0.492 e. The van der Waals surface area contributed by atoms with E-state index in [1.165, 1.54) is 12.1 Å². The van der Waals surface area contributed by atoms with Gasteiger partial charge in [0.05, 0.1) is 4.90 Å². The molecule has 2 atom stereocenters. The van der Waals surface area contributed by atoms with Gasteiger partial charge in [-0.15, -0.1) is 12.4 Å². The number of nitrogens with two attached hydrogens (primary N) is 2. The minimum atomic E-state index is -3.64. The highest BCUT2D eigenvalue weighted by atomic mass is 35.5. The van der Waals surface area contributed by atoms with Crippen LogP contribution in [-0.4, -0.2) is 45.6 Å². The molecule has 1 aromatic rings. The van der Waals surface area contributed by atoms with E-state index in [0.29, 0.717) is 24.3 Å². The Labute approximate surface area is 138 Å². The molecule has 1 aliphatic rings. The van der Waals surface area contributed by atoms with E-state index < -0.39 is 10.0 Å². The van der Waals surface area contributed by atoms with Crippen LogP contribution in [-0.2, 0) is 10.0 Å². The number of rotatable bonds is 5. The summed E-state index contributed by atoms with van der Waals surface area (Å²) >= 11 is 0. The number of piperidine rings is 1. The van der Waals surface area contributed by atoms with E-state index in [4.69, 9.17) is 15.6 Å². The van der Waals surface area contributed by atoms with Gasteiger partial charge in [-0.1, -0.05) is 6.92 Å². The zero-order chi connectivity index (χ0) is 15.5. The van der Waals surface area contributed by atoms with Crippen molar-refractivity contribution >= 4 is 22.4 Å². The molecule has 0 saturated carbocycles. The summed E-state index contributed by atoms with van der Waals surface area (Å²) in [6, 6.07) is 6.44. The van der Waals surface area contributed by atoms with Crippen LogP contribution in [0.15, 0.2) is 29.2 Å². The molecule has 126 valence electrons. The molecule has 6 nitrogen and oxygen atoms in total. The van der Waals surface area contributed by atoms with Crippen LogP contribution in [0, 0.1) is 5.92 Å². The summed E-state index contributed by atoms with van der Waals surface area (Å²) in [7, 11) is -3.64. The maximum Gasteiger partial charge on any atom is 0.238 e. The van der Waals surface area contributed by atoms with Gasteiger partial charge in [-0.2, -0.15) is 0 Å². The Morgan fingerprint density at radius 2 is 1.95 bits per heavy atom. The van der Waals surface area contributed by atoms with Crippen molar-refractivity contribution in [1.29, 1.82) is 0 Å². The normalized spacial score (nSPS) is 22.9. The van der Waals surface area contributed by atoms with Crippen LogP contribution in [0.1, 0.15) is 13.3 Å². The maximum atomic E-state index is 11.1. The molecule has 1 fully saturated rings. The Hall–Kier alpha value is -0.860. The van der Waals surface area contributed by atoms with Gasteiger partial charge in [0.25, 0.3) is 0 Å². The summed E-state index contributed by atoms with van der Waals surface area (Å²) in [5.74, 6) is 1.15. The Kier molecular flexibility index (Phi) is 7.08. The van der Waals surface area contributed by atoms with Gasteiger partial charge >= 0.3 is 0 Å². The van der Waals surface area contributed by atoms with Gasteiger partial charge < -0.3 is 10.5 Å². The summed E-state index contributed by atoms with van der Waals surface area (Å²) in [5.41, 5.74) is 5.99. The molecule has 0 radical (unpaired) electrons. The number of hydrogen-bond donors (Lipinski definition) is 2. The molecule has 1 aliphatic heterocycles. The average molecular weight is 350 g/mol. The van der Waals surface area contributed by atoms with Crippen molar-refractivity contribution in [3.8, 4) is 5.75 Å². The summed E-state index contributed by atoms with van der Waals surface area (Å²) in [6.45, 7) is 5.57. The highest BCUT2D eigenvalue weighted by Crippen LogP contribution is 2.16. The smallest absolute Gasteiger partial charge is 0.238 e. The predicted molar refractivity (Wildman–Crippen MR) is 88.8 cm³/mol. The number of nitrogens with zero attached hydrogens (tertiary/aromatic N) is 1. The Morgan fingerprint density at radius 3 is 2.50 bits per heavy atom. The van der Waals surface area contributed by atoms with Gasteiger partial charge in [-0.05, 0) is 43.1 Å². The van der Waals surface area contributed by atoms with Crippen LogP contribution in [0.2, 0.25) is 0 Å². The van der Waals surface area contributed by atoms with Crippen molar-refractivity contribution < 1.29 is 13.2 Å². The molecule has 2 unspecified atom stereocenters. The van der Waals surface area contributed by atoms with Crippen LogP contribution in [0.25, 0.3) is 0 Å². The molecule has 0 bridgehead atoms. The lowest BCUT2D eigenvalue weighted by atomic mass is 9.95. The molecule has 0 amide bonds. The van der Waals surface area contributed by atoms with Crippen LogP contribution >= 0.6 is 12.4 Å². The highest BCUT2D eigenvalue weighted by molar-refractivity contribution is 7.89. The number of hydrogen-bond acceptors (Lipinski definition) is 5. The maximum absolute atomic E-state index is 11.1. The summed E-state index contributed by atoms with van der Waals surface area (Å²) in [4.78, 5) is 2.43. The van der Waals surface area contributed by atoms with Crippen molar-refractivity contribution in [2.24, 2.45) is 16.8 Å². The summed E-state index contributed by atoms with van der Waals surface area (Å²) in [6.07, 6.45) is 1.02. The van der Waals surface area contributed by atoms with Crippen LogP contribution < -0.4 is 15.6 Å². The average Bonchev–Trinajstić information content (AvgIpc) is 2.42. The zero-order valence-electron chi connectivity index (χ0n) is 12.6. The highest BCUT2D eigenvalue weighted by Gasteiger charge is 2.22. The van der Waals surface area contributed by atoms with Crippen LogP contribution in [0.3, 0.4) is 0 Å². The van der Waals surface area contributed by atoms with Crippen molar-refractivity contribution in [2.75, 3.05) is 26.2 Å². The van der Waals surface area contributed by atoms with Crippen molar-refractivity contribution in [3.63, 3.8) is 0 Å². The Bertz CT molecular complexity index is 565. The second-order valence-electron chi connectivity index (χ2n) is 5.60. The first kappa shape index (κ1) is 19.2. The monoisotopic (exact) mass is 349 g/mol. The largest absolute Gasteiger partial charge is 0.492 e. The third-order valence-electron chi connectivity index (χ3n) is 3.88. The van der Waals surface area contributed by atoms with Gasteiger partial charge in [-0.3, -0.25) is 4.90 Å². The van der Waals surface area contributed by atoms with Gasteiger partial charge in [0.2, 0.25) is 10.0 Å². The van der Waals surface area contributed by atoms with Crippen molar-refractivity contribution in [1.82, 2.24) is 4.90 Å². The van der Waals surface area contributed by atoms with Crippen molar-refractivity contribution in [2.45, 2.75) is 24.3 Å². The number of likely N-dealkylation sites (tertiary alicyclic amines) is 1. The molecule has 0 aliphatic carbocycles. The van der Waals surface area contributed by atoms with E-state index in [0.717, 1.165) is 26.1 Å². The predicted octanol–water partition coefficient (Wildman–Crippen LogP) is 0.804. The number of ether oxygens (including phenoxy) is 1. The fourth-order valence-corrected chi connectivity index (χ4v) is 2.99. The van der Waals surface area contributed by atoms with Crippen molar-refractivity contribution in [3.05, 3.63) is 24.3 Å². The molecule has 1 saturated heterocycles. The summed E-state index contributed by atoms with van der Waals surface area (Å²) < 4.78 is 27.9. The van der Waals surface area contributed by atoms with E-state index in [2.05, 4.69) is 11.8 Å². The molecule has 8 heteroatoms. The molecule has 1 aromatic carbocycles. The molecule has 0 spiro atoms. The number of benzene rings is 1. The molecule has 0 aromatic heterocycles. The van der Waals surface area contributed by atoms with Gasteiger partial charge in [0, 0.05) is 19.1 Å². The molecular formula is C14H24ClN3O3S. The number of primary sulfonamides is 1. The fourth-order valence-electron chi connectivity index (χ4n) is 2.47. The lowest BCUT2D eigenvalue weighted by Gasteiger charge is -2.34. The SMILES string of the molecule is CC1CN(CCOc2ccc(S(N)(=O)=O)cc2)CCC1N.Cl. The zero-order valence-corrected chi connectivity index (χ0v) is 14.3. The van der Waals surface area contributed by atoms with E-state index in [-0.39, 0.29) is 17.3 Å². The standard InChI is InChI=1S/C14H23N3O3S.ClH/c1-11-10-17(7-6-14(11)15)8-9-20-12-2-4-13(5-3-12)21(16,18)19;/h2-5,11,14H,6-10,15H2,1H3,(H2,16,18,19);1H. The molecule has 4 N–H and O–H groups in total. The molecule has 22 heavy (non-hydrogen) atoms. The summed E-state index contributed by atoms with van der Waals surface area (Å²) in [5, 5.41) is 5.04. The number of sulfonamides is 1. The Morgan fingerprint density at radius 1 is 1.32 bits per heavy atom. The quantitative estimate of drug-likeness (QED) is 0.819. The van der Waals surface area contributed by atoms with Gasteiger partial charge in [-0.25, -0.2) is 13.6 Å². The topological polar surface area (TPSA) is 98.6 Å². The van der Waals surface area contributed by atoms with E-state index in [1.807, 2.05) is 0 Å². The third-order valence-corrected chi connectivity index (χ3v) is 4.81. The van der Waals surface area contributed by atoms with E-state index in [1.54, 1.807) is 12.1 Å². The fraction of sp³-hybridized carbons (Fsp3) is 0.571. The molecule has 1 heterocycles. The van der Waals surface area contributed by atoms with Crippen LogP contribution in [0.4, 0.5) is 0 Å². The lowest BCUT2D eigenvalue weighted by molar-refractivity contribution is 0.140.